The van der Waals surface area contributed by atoms with Crippen molar-refractivity contribution in [1.29, 1.82) is 0 Å². The molecule has 0 bridgehead atoms. The van der Waals surface area contributed by atoms with Crippen LogP contribution in [0.15, 0.2) is 48.5 Å². The maximum absolute atomic E-state index is 14.0. The molecule has 10 heteroatoms. The van der Waals surface area contributed by atoms with E-state index >= 15 is 0 Å². The van der Waals surface area contributed by atoms with E-state index in [-0.39, 0.29) is 19.0 Å². The van der Waals surface area contributed by atoms with Gasteiger partial charge in [-0.25, -0.2) is 0 Å². The zero-order valence-electron chi connectivity index (χ0n) is 22.4. The van der Waals surface area contributed by atoms with Crippen LogP contribution in [0.5, 0.6) is 0 Å². The Morgan fingerprint density at radius 3 is 1.93 bits per heavy atom. The van der Waals surface area contributed by atoms with Gasteiger partial charge in [0.15, 0.2) is 0 Å². The van der Waals surface area contributed by atoms with Crippen molar-refractivity contribution in [2.75, 3.05) is 44.2 Å². The number of hydrogen-bond acceptors (Lipinski definition) is 4. The molecule has 2 amide bonds. The molecule has 0 saturated carbocycles. The van der Waals surface area contributed by atoms with Crippen LogP contribution >= 0.6 is 11.6 Å². The standard InChI is InChI=1S/C30H35ClF3N3O3/c31-26-20-24(8-9-25(26)27(38)36-14-4-5-15-36)35-16-10-21(11-17-35)22-12-18-37(19-13-22)28(39)29(40,30(32,33)34)23-6-2-1-3-7-23/h1-3,6-9,20-22,40H,4-5,10-19H2/t29-/m0/s1. The quantitative estimate of drug-likeness (QED) is 0.511. The maximum Gasteiger partial charge on any atom is 0.430 e. The van der Waals surface area contributed by atoms with Gasteiger partial charge >= 0.3 is 6.18 Å². The van der Waals surface area contributed by atoms with Gasteiger partial charge in [0, 0.05) is 50.5 Å². The summed E-state index contributed by atoms with van der Waals surface area (Å²) in [6.07, 6.45) is 0.000959. The summed E-state index contributed by atoms with van der Waals surface area (Å²) < 4.78 is 41.9. The van der Waals surface area contributed by atoms with Gasteiger partial charge in [-0.15, -0.1) is 0 Å². The Kier molecular flexibility index (Phi) is 8.34. The first-order valence-electron chi connectivity index (χ1n) is 14.1. The molecule has 5 rings (SSSR count). The van der Waals surface area contributed by atoms with Gasteiger partial charge in [0.2, 0.25) is 0 Å². The van der Waals surface area contributed by atoms with Crippen molar-refractivity contribution in [2.24, 2.45) is 11.8 Å². The normalized spacial score (nSPS) is 21.0. The van der Waals surface area contributed by atoms with Crippen molar-refractivity contribution in [3.63, 3.8) is 0 Å². The third-order valence-corrected chi connectivity index (χ3v) is 9.20. The van der Waals surface area contributed by atoms with Gasteiger partial charge in [-0.1, -0.05) is 41.9 Å². The minimum absolute atomic E-state index is 0.0185. The highest BCUT2D eigenvalue weighted by atomic mass is 35.5. The molecular formula is C30H35ClF3N3O3. The number of nitrogens with zero attached hydrogens (tertiary/aromatic N) is 3. The Morgan fingerprint density at radius 1 is 0.800 bits per heavy atom. The Bertz CT molecular complexity index is 1210. The molecular weight excluding hydrogens is 543 g/mol. The number of hydrogen-bond donors (Lipinski definition) is 1. The lowest BCUT2D eigenvalue weighted by molar-refractivity contribution is -0.262. The van der Waals surface area contributed by atoms with E-state index in [2.05, 4.69) is 4.90 Å². The average molecular weight is 578 g/mol. The van der Waals surface area contributed by atoms with E-state index < -0.39 is 23.2 Å². The first-order valence-corrected chi connectivity index (χ1v) is 14.4. The highest BCUT2D eigenvalue weighted by Crippen LogP contribution is 2.42. The number of carbonyl (C=O) groups is 2. The maximum atomic E-state index is 14.0. The molecule has 1 N–H and O–H groups in total. The zero-order valence-corrected chi connectivity index (χ0v) is 23.1. The molecule has 1 atom stereocenters. The summed E-state index contributed by atoms with van der Waals surface area (Å²) in [6.45, 7) is 3.57. The summed E-state index contributed by atoms with van der Waals surface area (Å²) >= 11 is 6.52. The Morgan fingerprint density at radius 2 is 1.38 bits per heavy atom. The molecule has 0 spiro atoms. The number of anilines is 1. The predicted octanol–water partition coefficient (Wildman–Crippen LogP) is 5.48. The first-order chi connectivity index (χ1) is 19.1. The van der Waals surface area contributed by atoms with Crippen LogP contribution in [0.3, 0.4) is 0 Å². The van der Waals surface area contributed by atoms with E-state index in [9.17, 15) is 27.9 Å². The molecule has 2 aromatic carbocycles. The number of alkyl halides is 3. The summed E-state index contributed by atoms with van der Waals surface area (Å²) in [6, 6.07) is 12.2. The average Bonchev–Trinajstić information content (AvgIpc) is 3.51. The SMILES string of the molecule is O=C(c1ccc(N2CCC(C3CCN(C(=O)[C@@](O)(c4ccccc4)C(F)(F)F)CC3)CC2)cc1Cl)N1CCCC1. The smallest absolute Gasteiger partial charge is 0.371 e. The molecule has 3 saturated heterocycles. The molecule has 3 fully saturated rings. The number of halogens is 4. The lowest BCUT2D eigenvalue weighted by atomic mass is 9.78. The molecule has 3 aliphatic heterocycles. The Labute approximate surface area is 237 Å². The first kappa shape index (κ1) is 28.7. The minimum Gasteiger partial charge on any atom is -0.371 e. The summed E-state index contributed by atoms with van der Waals surface area (Å²) in [5, 5.41) is 11.1. The number of rotatable bonds is 5. The zero-order chi connectivity index (χ0) is 28.5. The summed E-state index contributed by atoms with van der Waals surface area (Å²) in [5.41, 5.74) is -2.50. The minimum atomic E-state index is -5.13. The number of amides is 2. The molecule has 0 aliphatic carbocycles. The molecule has 216 valence electrons. The van der Waals surface area contributed by atoms with E-state index in [0.717, 1.165) is 69.7 Å². The molecule has 6 nitrogen and oxygen atoms in total. The van der Waals surface area contributed by atoms with Gasteiger partial charge < -0.3 is 19.8 Å². The van der Waals surface area contributed by atoms with Crippen molar-refractivity contribution >= 4 is 29.1 Å². The van der Waals surface area contributed by atoms with Crippen molar-refractivity contribution < 1.29 is 27.9 Å². The van der Waals surface area contributed by atoms with Crippen LogP contribution in [-0.4, -0.2) is 72.2 Å². The number of likely N-dealkylation sites (tertiary alicyclic amines) is 2. The third-order valence-electron chi connectivity index (χ3n) is 8.89. The molecule has 0 radical (unpaired) electrons. The Hall–Kier alpha value is -2.78. The van der Waals surface area contributed by atoms with E-state index in [1.54, 1.807) is 6.07 Å². The number of aliphatic hydroxyl groups is 1. The fraction of sp³-hybridized carbons (Fsp3) is 0.533. The van der Waals surface area contributed by atoms with Crippen molar-refractivity contribution in [3.05, 3.63) is 64.7 Å². The lowest BCUT2D eigenvalue weighted by Crippen LogP contribution is -2.57. The number of carbonyl (C=O) groups excluding carboxylic acids is 2. The van der Waals surface area contributed by atoms with Crippen LogP contribution in [0.1, 0.15) is 54.4 Å². The molecule has 40 heavy (non-hydrogen) atoms. The van der Waals surface area contributed by atoms with Gasteiger partial charge in [-0.3, -0.25) is 9.59 Å². The van der Waals surface area contributed by atoms with Crippen LogP contribution in [0, 0.1) is 11.8 Å². The van der Waals surface area contributed by atoms with Crippen molar-refractivity contribution in [1.82, 2.24) is 9.80 Å². The van der Waals surface area contributed by atoms with Crippen LogP contribution < -0.4 is 4.90 Å². The number of benzene rings is 2. The van der Waals surface area contributed by atoms with Crippen LogP contribution in [0.2, 0.25) is 5.02 Å². The molecule has 0 unspecified atom stereocenters. The van der Waals surface area contributed by atoms with E-state index in [1.165, 1.54) is 17.0 Å². The highest BCUT2D eigenvalue weighted by Gasteiger charge is 2.62. The second-order valence-corrected chi connectivity index (χ2v) is 11.6. The largest absolute Gasteiger partial charge is 0.430 e. The lowest BCUT2D eigenvalue weighted by Gasteiger charge is -2.42. The van der Waals surface area contributed by atoms with Gasteiger partial charge in [-0.05, 0) is 68.6 Å². The topological polar surface area (TPSA) is 64.1 Å². The van der Waals surface area contributed by atoms with E-state index in [1.807, 2.05) is 23.1 Å². The monoisotopic (exact) mass is 577 g/mol. The van der Waals surface area contributed by atoms with Crippen LogP contribution in [0.25, 0.3) is 0 Å². The number of piperidine rings is 2. The van der Waals surface area contributed by atoms with Crippen molar-refractivity contribution in [2.45, 2.75) is 50.3 Å². The highest BCUT2D eigenvalue weighted by molar-refractivity contribution is 6.34. The second kappa shape index (κ2) is 11.6. The molecule has 3 heterocycles. The summed E-state index contributed by atoms with van der Waals surface area (Å²) in [7, 11) is 0. The fourth-order valence-corrected chi connectivity index (χ4v) is 6.74. The Balaban J connectivity index is 1.16. The predicted molar refractivity (Wildman–Crippen MR) is 147 cm³/mol. The molecule has 3 aliphatic rings. The van der Waals surface area contributed by atoms with E-state index in [0.29, 0.717) is 35.3 Å². The third kappa shape index (κ3) is 5.55. The second-order valence-electron chi connectivity index (χ2n) is 11.2. The van der Waals surface area contributed by atoms with E-state index in [4.69, 9.17) is 11.6 Å². The van der Waals surface area contributed by atoms with Gasteiger partial charge in [0.1, 0.15) is 0 Å². The van der Waals surface area contributed by atoms with Gasteiger partial charge in [-0.2, -0.15) is 13.2 Å². The van der Waals surface area contributed by atoms with Gasteiger partial charge in [0.05, 0.1) is 10.6 Å². The van der Waals surface area contributed by atoms with Crippen LogP contribution in [0.4, 0.5) is 18.9 Å². The molecule has 2 aromatic rings. The van der Waals surface area contributed by atoms with Crippen LogP contribution in [-0.2, 0) is 10.4 Å². The fourth-order valence-electron chi connectivity index (χ4n) is 6.48. The summed E-state index contributed by atoms with van der Waals surface area (Å²) in [4.78, 5) is 31.0. The molecule has 0 aromatic heterocycles. The van der Waals surface area contributed by atoms with Gasteiger partial charge in [0.25, 0.3) is 17.4 Å². The van der Waals surface area contributed by atoms with Crippen molar-refractivity contribution in [3.8, 4) is 0 Å². The summed E-state index contributed by atoms with van der Waals surface area (Å²) in [5.74, 6) is -0.598.